The van der Waals surface area contributed by atoms with Crippen LogP contribution < -0.4 is 5.32 Å². The van der Waals surface area contributed by atoms with Crippen molar-refractivity contribution in [3.8, 4) is 0 Å². The predicted molar refractivity (Wildman–Crippen MR) is 79.0 cm³/mol. The maximum absolute atomic E-state index is 13.8. The van der Waals surface area contributed by atoms with Gasteiger partial charge < -0.3 is 10.4 Å². The van der Waals surface area contributed by atoms with Crippen LogP contribution in [0.5, 0.6) is 0 Å². The quantitative estimate of drug-likeness (QED) is 0.884. The van der Waals surface area contributed by atoms with E-state index in [1.807, 2.05) is 0 Å². The number of aliphatic hydroxyl groups excluding tert-OH is 1. The van der Waals surface area contributed by atoms with Crippen LogP contribution in [0.25, 0.3) is 0 Å². The average molecular weight is 344 g/mol. The number of carbonyl (C=O) groups is 1. The van der Waals surface area contributed by atoms with E-state index in [2.05, 4.69) is 28.2 Å². The summed E-state index contributed by atoms with van der Waals surface area (Å²) >= 11 is 3.20. The summed E-state index contributed by atoms with van der Waals surface area (Å²) in [6.07, 6.45) is 3.36. The molecule has 20 heavy (non-hydrogen) atoms. The van der Waals surface area contributed by atoms with E-state index in [1.165, 1.54) is 6.07 Å². The number of hydrogen-bond acceptors (Lipinski definition) is 2. The first-order valence-corrected chi connectivity index (χ1v) is 7.64. The zero-order chi connectivity index (χ0) is 14.8. The molecule has 0 heterocycles. The topological polar surface area (TPSA) is 49.3 Å². The molecule has 0 aliphatic heterocycles. The van der Waals surface area contributed by atoms with Gasteiger partial charge in [-0.25, -0.2) is 4.39 Å². The zero-order valence-electron chi connectivity index (χ0n) is 11.5. The van der Waals surface area contributed by atoms with Gasteiger partial charge in [-0.2, -0.15) is 0 Å². The third-order valence-corrected chi connectivity index (χ3v) is 4.76. The van der Waals surface area contributed by atoms with Gasteiger partial charge in [0.15, 0.2) is 0 Å². The maximum atomic E-state index is 13.8. The molecule has 1 saturated carbocycles. The summed E-state index contributed by atoms with van der Waals surface area (Å²) < 4.78 is 14.2. The molecule has 0 saturated heterocycles. The van der Waals surface area contributed by atoms with E-state index in [0.29, 0.717) is 10.4 Å². The number of amides is 1. The van der Waals surface area contributed by atoms with Crippen LogP contribution in [-0.4, -0.2) is 23.2 Å². The molecule has 5 heteroatoms. The van der Waals surface area contributed by atoms with Crippen LogP contribution in [0.2, 0.25) is 0 Å². The highest BCUT2D eigenvalue weighted by Gasteiger charge is 2.36. The lowest BCUT2D eigenvalue weighted by Gasteiger charge is -2.38. The van der Waals surface area contributed by atoms with E-state index in [9.17, 15) is 14.3 Å². The Morgan fingerprint density at radius 2 is 2.15 bits per heavy atom. The van der Waals surface area contributed by atoms with Gasteiger partial charge in [0.05, 0.1) is 17.7 Å². The number of halogens is 2. The minimum absolute atomic E-state index is 0.000975. The summed E-state index contributed by atoms with van der Waals surface area (Å²) in [5.74, 6) is -0.431. The molecule has 0 aromatic heterocycles. The molecule has 1 amide bonds. The Hall–Kier alpha value is -0.940. The second-order valence-corrected chi connectivity index (χ2v) is 6.53. The molecule has 1 aliphatic rings. The lowest BCUT2D eigenvalue weighted by Crippen LogP contribution is -2.53. The van der Waals surface area contributed by atoms with Crippen molar-refractivity contribution in [2.45, 2.75) is 38.1 Å². The summed E-state index contributed by atoms with van der Waals surface area (Å²) in [5.41, 5.74) is -0.621. The van der Waals surface area contributed by atoms with Gasteiger partial charge in [0.25, 0.3) is 5.91 Å². The summed E-state index contributed by atoms with van der Waals surface area (Å²) in [7, 11) is 0. The maximum Gasteiger partial charge on any atom is 0.255 e. The number of benzene rings is 1. The molecule has 110 valence electrons. The first-order chi connectivity index (χ1) is 9.47. The van der Waals surface area contributed by atoms with Gasteiger partial charge in [-0.15, -0.1) is 0 Å². The lowest BCUT2D eigenvalue weighted by atomic mass is 9.77. The second-order valence-electron chi connectivity index (χ2n) is 5.67. The van der Waals surface area contributed by atoms with Crippen LogP contribution in [0, 0.1) is 11.7 Å². The van der Waals surface area contributed by atoms with E-state index in [4.69, 9.17) is 0 Å². The van der Waals surface area contributed by atoms with Gasteiger partial charge in [-0.3, -0.25) is 4.79 Å². The van der Waals surface area contributed by atoms with Crippen molar-refractivity contribution in [3.05, 3.63) is 34.1 Å². The molecule has 0 atom stereocenters. The normalized spacial score (nSPS) is 26.3. The fraction of sp³-hybridized carbons (Fsp3) is 0.533. The molecule has 1 fully saturated rings. The largest absolute Gasteiger partial charge is 0.394 e. The van der Waals surface area contributed by atoms with Crippen LogP contribution in [0.15, 0.2) is 22.7 Å². The van der Waals surface area contributed by atoms with Crippen molar-refractivity contribution < 1.29 is 14.3 Å². The summed E-state index contributed by atoms with van der Waals surface area (Å²) in [5, 5.41) is 12.5. The Balaban J connectivity index is 2.18. The first-order valence-electron chi connectivity index (χ1n) is 6.85. The molecule has 2 rings (SSSR count). The predicted octanol–water partition coefficient (Wildman–Crippen LogP) is 3.26. The van der Waals surface area contributed by atoms with Gasteiger partial charge in [0, 0.05) is 4.47 Å². The van der Waals surface area contributed by atoms with Gasteiger partial charge in [-0.1, -0.05) is 13.0 Å². The van der Waals surface area contributed by atoms with Gasteiger partial charge in [0.1, 0.15) is 5.82 Å². The number of aliphatic hydroxyl groups is 1. The van der Waals surface area contributed by atoms with Crippen molar-refractivity contribution in [1.29, 1.82) is 0 Å². The average Bonchev–Trinajstić information content (AvgIpc) is 2.41. The summed E-state index contributed by atoms with van der Waals surface area (Å²) in [6.45, 7) is 2.05. The minimum Gasteiger partial charge on any atom is -0.394 e. The fourth-order valence-corrected chi connectivity index (χ4v) is 3.18. The molecular weight excluding hydrogens is 325 g/mol. The van der Waals surface area contributed by atoms with Crippen molar-refractivity contribution in [2.75, 3.05) is 6.61 Å². The molecule has 0 bridgehead atoms. The van der Waals surface area contributed by atoms with E-state index in [-0.39, 0.29) is 12.2 Å². The van der Waals surface area contributed by atoms with Crippen LogP contribution in [-0.2, 0) is 0 Å². The van der Waals surface area contributed by atoms with E-state index in [1.54, 1.807) is 12.1 Å². The monoisotopic (exact) mass is 343 g/mol. The minimum atomic E-state index is -0.620. The van der Waals surface area contributed by atoms with Crippen molar-refractivity contribution >= 4 is 21.8 Å². The van der Waals surface area contributed by atoms with Crippen molar-refractivity contribution in [1.82, 2.24) is 5.32 Å². The molecular formula is C15H19BrFNO2. The lowest BCUT2D eigenvalue weighted by molar-refractivity contribution is 0.0713. The third kappa shape index (κ3) is 3.20. The Morgan fingerprint density at radius 1 is 1.50 bits per heavy atom. The van der Waals surface area contributed by atoms with E-state index < -0.39 is 17.3 Å². The van der Waals surface area contributed by atoms with E-state index >= 15 is 0 Å². The Kier molecular flexibility index (Phi) is 4.81. The molecule has 1 aliphatic carbocycles. The van der Waals surface area contributed by atoms with Crippen LogP contribution in [0.4, 0.5) is 4.39 Å². The number of nitrogens with one attached hydrogen (secondary N) is 1. The fourth-order valence-electron chi connectivity index (χ4n) is 2.66. The zero-order valence-corrected chi connectivity index (χ0v) is 13.0. The van der Waals surface area contributed by atoms with Gasteiger partial charge in [-0.05, 0) is 59.7 Å². The summed E-state index contributed by atoms with van der Waals surface area (Å²) in [6, 6.07) is 4.43. The Morgan fingerprint density at radius 3 is 2.70 bits per heavy atom. The molecule has 0 unspecified atom stereocenters. The van der Waals surface area contributed by atoms with Crippen LogP contribution >= 0.6 is 15.9 Å². The molecule has 2 N–H and O–H groups in total. The van der Waals surface area contributed by atoms with Crippen LogP contribution in [0.3, 0.4) is 0 Å². The third-order valence-electron chi connectivity index (χ3n) is 4.10. The highest BCUT2D eigenvalue weighted by atomic mass is 79.9. The van der Waals surface area contributed by atoms with Crippen LogP contribution in [0.1, 0.15) is 43.0 Å². The summed E-state index contributed by atoms with van der Waals surface area (Å²) in [4.78, 5) is 12.3. The molecule has 1 aromatic carbocycles. The van der Waals surface area contributed by atoms with E-state index in [0.717, 1.165) is 25.7 Å². The number of hydrogen-bond donors (Lipinski definition) is 2. The van der Waals surface area contributed by atoms with Gasteiger partial charge in [0.2, 0.25) is 0 Å². The molecule has 1 aromatic rings. The number of carbonyl (C=O) groups excluding carboxylic acids is 1. The number of rotatable bonds is 3. The molecule has 3 nitrogen and oxygen atoms in total. The Bertz CT molecular complexity index is 478. The van der Waals surface area contributed by atoms with Crippen molar-refractivity contribution in [2.24, 2.45) is 5.92 Å². The second kappa shape index (κ2) is 6.22. The SMILES string of the molecule is CC1CCC(CO)(NC(=O)c2c(F)cccc2Br)CC1. The Labute approximate surface area is 126 Å². The first kappa shape index (κ1) is 15.4. The standard InChI is InChI=1S/C15H19BrFNO2/c1-10-5-7-15(9-19,8-6-10)18-14(20)13-11(16)3-2-4-12(13)17/h2-4,10,19H,5-9H2,1H3,(H,18,20). The highest BCUT2D eigenvalue weighted by molar-refractivity contribution is 9.10. The van der Waals surface area contributed by atoms with Crippen molar-refractivity contribution in [3.63, 3.8) is 0 Å². The smallest absolute Gasteiger partial charge is 0.255 e. The molecule has 0 spiro atoms. The van der Waals surface area contributed by atoms with Gasteiger partial charge >= 0.3 is 0 Å². The molecule has 0 radical (unpaired) electrons. The highest BCUT2D eigenvalue weighted by Crippen LogP contribution is 2.32.